The zero-order valence-corrected chi connectivity index (χ0v) is 9.70. The van der Waals surface area contributed by atoms with Crippen LogP contribution in [0.2, 0.25) is 0 Å². The summed E-state index contributed by atoms with van der Waals surface area (Å²) in [4.78, 5) is 4.23. The van der Waals surface area contributed by atoms with E-state index < -0.39 is 0 Å². The van der Waals surface area contributed by atoms with Crippen LogP contribution in [0.5, 0.6) is 5.75 Å². The van der Waals surface area contributed by atoms with Crippen LogP contribution >= 0.6 is 0 Å². The molecule has 0 saturated carbocycles. The van der Waals surface area contributed by atoms with E-state index in [-0.39, 0.29) is 0 Å². The summed E-state index contributed by atoms with van der Waals surface area (Å²) < 4.78 is 5.58. The number of pyridine rings is 1. The van der Waals surface area contributed by atoms with Gasteiger partial charge in [-0.2, -0.15) is 0 Å². The number of ether oxygens (including phenoxy) is 1. The van der Waals surface area contributed by atoms with Crippen LogP contribution in [-0.2, 0) is 0 Å². The minimum atomic E-state index is 0.756. The van der Waals surface area contributed by atoms with E-state index in [0.717, 1.165) is 38.3 Å². The summed E-state index contributed by atoms with van der Waals surface area (Å²) in [5.41, 5.74) is 2.56. The van der Waals surface area contributed by atoms with E-state index in [4.69, 9.17) is 4.74 Å². The molecule has 0 saturated heterocycles. The van der Waals surface area contributed by atoms with Crippen molar-refractivity contribution in [3.8, 4) is 5.75 Å². The Kier molecular flexibility index (Phi) is 3.94. The summed E-state index contributed by atoms with van der Waals surface area (Å²) in [7, 11) is 0. The minimum Gasteiger partial charge on any atom is -0.492 e. The maximum absolute atomic E-state index is 5.58. The summed E-state index contributed by atoms with van der Waals surface area (Å²) in [6, 6.07) is 2.08. The predicted molar refractivity (Wildman–Crippen MR) is 65.5 cm³/mol. The number of hydrogen-bond donors (Lipinski definition) is 1. The average Bonchev–Trinajstić information content (AvgIpc) is 2.38. The average molecular weight is 218 g/mol. The van der Waals surface area contributed by atoms with Crippen molar-refractivity contribution in [3.05, 3.63) is 30.1 Å². The molecule has 0 bridgehead atoms. The first-order valence-corrected chi connectivity index (χ1v) is 5.88. The fourth-order valence-electron chi connectivity index (χ4n) is 1.78. The molecule has 86 valence electrons. The molecule has 0 aromatic carbocycles. The molecular weight excluding hydrogens is 200 g/mol. The molecule has 2 heterocycles. The molecule has 3 heteroatoms. The lowest BCUT2D eigenvalue weighted by atomic mass is 10.0. The summed E-state index contributed by atoms with van der Waals surface area (Å²) in [6.45, 7) is 4.86. The van der Waals surface area contributed by atoms with Crippen molar-refractivity contribution in [1.82, 2.24) is 10.3 Å². The van der Waals surface area contributed by atoms with Crippen molar-refractivity contribution in [2.45, 2.75) is 19.8 Å². The highest BCUT2D eigenvalue weighted by Gasteiger charge is 2.06. The Morgan fingerprint density at radius 3 is 3.12 bits per heavy atom. The van der Waals surface area contributed by atoms with E-state index in [1.54, 1.807) is 6.20 Å². The van der Waals surface area contributed by atoms with Crippen molar-refractivity contribution < 1.29 is 4.74 Å². The number of rotatable bonds is 4. The predicted octanol–water partition coefficient (Wildman–Crippen LogP) is 2.25. The molecule has 0 unspecified atom stereocenters. The zero-order valence-electron chi connectivity index (χ0n) is 9.70. The monoisotopic (exact) mass is 218 g/mol. The lowest BCUT2D eigenvalue weighted by Crippen LogP contribution is -2.20. The first-order chi connectivity index (χ1) is 7.90. The Morgan fingerprint density at radius 1 is 1.44 bits per heavy atom. The molecule has 16 heavy (non-hydrogen) atoms. The third-order valence-electron chi connectivity index (χ3n) is 2.62. The molecule has 1 N–H and O–H groups in total. The second-order valence-electron chi connectivity index (χ2n) is 3.94. The van der Waals surface area contributed by atoms with Gasteiger partial charge in [-0.1, -0.05) is 13.0 Å². The molecule has 1 aliphatic rings. The van der Waals surface area contributed by atoms with Crippen molar-refractivity contribution in [1.29, 1.82) is 0 Å². The van der Waals surface area contributed by atoms with Crippen molar-refractivity contribution in [3.63, 3.8) is 0 Å². The molecule has 1 aromatic heterocycles. The summed E-state index contributed by atoms with van der Waals surface area (Å²) in [5.74, 6) is 0.874. The summed E-state index contributed by atoms with van der Waals surface area (Å²) >= 11 is 0. The highest BCUT2D eigenvalue weighted by atomic mass is 16.5. The normalized spacial score (nSPS) is 15.7. The molecule has 1 aliphatic heterocycles. The van der Waals surface area contributed by atoms with Crippen molar-refractivity contribution in [2.75, 3.05) is 19.7 Å². The molecule has 2 rings (SSSR count). The maximum atomic E-state index is 5.58. The van der Waals surface area contributed by atoms with Gasteiger partial charge in [-0.3, -0.25) is 4.98 Å². The van der Waals surface area contributed by atoms with Crippen LogP contribution in [0.15, 0.2) is 24.5 Å². The number of nitrogens with one attached hydrogen (secondary N) is 1. The largest absolute Gasteiger partial charge is 0.492 e. The van der Waals surface area contributed by atoms with E-state index in [2.05, 4.69) is 29.4 Å². The van der Waals surface area contributed by atoms with Crippen LogP contribution in [0.3, 0.4) is 0 Å². The number of hydrogen-bond acceptors (Lipinski definition) is 3. The molecule has 3 nitrogen and oxygen atoms in total. The van der Waals surface area contributed by atoms with Gasteiger partial charge < -0.3 is 10.1 Å². The first kappa shape index (κ1) is 11.1. The topological polar surface area (TPSA) is 34.1 Å². The Bertz CT molecular complexity index is 374. The van der Waals surface area contributed by atoms with Gasteiger partial charge in [-0.25, -0.2) is 0 Å². The highest BCUT2D eigenvalue weighted by Crippen LogP contribution is 2.22. The smallest absolute Gasteiger partial charge is 0.138 e. The number of nitrogens with zero attached hydrogens (tertiary/aromatic N) is 1. The molecule has 0 amide bonds. The molecule has 0 aliphatic carbocycles. The lowest BCUT2D eigenvalue weighted by Gasteiger charge is -2.14. The zero-order chi connectivity index (χ0) is 11.2. The van der Waals surface area contributed by atoms with Crippen LogP contribution < -0.4 is 10.1 Å². The first-order valence-electron chi connectivity index (χ1n) is 5.88. The maximum Gasteiger partial charge on any atom is 0.138 e. The second-order valence-corrected chi connectivity index (χ2v) is 3.94. The Morgan fingerprint density at radius 2 is 2.38 bits per heavy atom. The highest BCUT2D eigenvalue weighted by molar-refractivity contribution is 5.66. The number of aromatic nitrogens is 1. The Hall–Kier alpha value is -1.35. The lowest BCUT2D eigenvalue weighted by molar-refractivity contribution is 0.316. The third kappa shape index (κ3) is 2.83. The van der Waals surface area contributed by atoms with Crippen molar-refractivity contribution in [2.24, 2.45) is 0 Å². The van der Waals surface area contributed by atoms with Crippen LogP contribution in [0.25, 0.3) is 5.57 Å². The molecule has 0 atom stereocenters. The standard InChI is InChI=1S/C13H18N2O/c1-2-7-16-13-8-12(9-15-10-13)11-3-5-14-6-4-11/h3,8-10,14H,2,4-7H2,1H3. The molecule has 0 spiro atoms. The van der Waals surface area contributed by atoms with Gasteiger partial charge in [0.15, 0.2) is 0 Å². The van der Waals surface area contributed by atoms with Gasteiger partial charge in [0.25, 0.3) is 0 Å². The molecular formula is C13H18N2O. The fraction of sp³-hybridized carbons (Fsp3) is 0.462. The van der Waals surface area contributed by atoms with E-state index in [1.807, 2.05) is 6.20 Å². The van der Waals surface area contributed by atoms with Crippen molar-refractivity contribution >= 4 is 5.57 Å². The van der Waals surface area contributed by atoms with Crippen LogP contribution in [0.1, 0.15) is 25.3 Å². The van der Waals surface area contributed by atoms with E-state index in [0.29, 0.717) is 0 Å². The third-order valence-corrected chi connectivity index (χ3v) is 2.62. The van der Waals surface area contributed by atoms with Gasteiger partial charge in [-0.15, -0.1) is 0 Å². The SMILES string of the molecule is CCCOc1cncc(C2=CCNCC2)c1. The summed E-state index contributed by atoms with van der Waals surface area (Å²) in [6.07, 6.45) is 8.01. The van der Waals surface area contributed by atoms with Crippen LogP contribution in [-0.4, -0.2) is 24.7 Å². The van der Waals surface area contributed by atoms with Gasteiger partial charge in [-0.05, 0) is 36.6 Å². The Balaban J connectivity index is 2.11. The molecule has 0 radical (unpaired) electrons. The van der Waals surface area contributed by atoms with E-state index in [9.17, 15) is 0 Å². The Labute approximate surface area is 96.5 Å². The molecule has 0 fully saturated rings. The van der Waals surface area contributed by atoms with Crippen LogP contribution in [0, 0.1) is 0 Å². The van der Waals surface area contributed by atoms with Gasteiger partial charge >= 0.3 is 0 Å². The second kappa shape index (κ2) is 5.66. The fourth-order valence-corrected chi connectivity index (χ4v) is 1.78. The van der Waals surface area contributed by atoms with E-state index >= 15 is 0 Å². The van der Waals surface area contributed by atoms with E-state index in [1.165, 1.54) is 11.1 Å². The quantitative estimate of drug-likeness (QED) is 0.841. The van der Waals surface area contributed by atoms with Gasteiger partial charge in [0.1, 0.15) is 5.75 Å². The van der Waals surface area contributed by atoms with Gasteiger partial charge in [0, 0.05) is 12.7 Å². The van der Waals surface area contributed by atoms with Gasteiger partial charge in [0.2, 0.25) is 0 Å². The molecule has 1 aromatic rings. The summed E-state index contributed by atoms with van der Waals surface area (Å²) in [5, 5.41) is 3.31. The minimum absolute atomic E-state index is 0.756. The van der Waals surface area contributed by atoms with Gasteiger partial charge in [0.05, 0.1) is 12.8 Å². The van der Waals surface area contributed by atoms with Crippen LogP contribution in [0.4, 0.5) is 0 Å².